The molecule has 0 aliphatic carbocycles. The first-order valence-corrected chi connectivity index (χ1v) is 5.00. The molecule has 0 aliphatic heterocycles. The van der Waals surface area contributed by atoms with Crippen LogP contribution in [0.25, 0.3) is 5.65 Å². The molecule has 0 fully saturated rings. The molecule has 2 heterocycles. The molecule has 0 spiro atoms. The molecule has 14 heavy (non-hydrogen) atoms. The smallest absolute Gasteiger partial charge is 0.137 e. The van der Waals surface area contributed by atoms with Crippen LogP contribution in [0.1, 0.15) is 24.6 Å². The largest absolute Gasteiger partial charge is 0.326 e. The summed E-state index contributed by atoms with van der Waals surface area (Å²) in [6.45, 7) is 2.74. The van der Waals surface area contributed by atoms with Gasteiger partial charge in [-0.15, -0.1) is 0 Å². The maximum atomic E-state index is 5.57. The van der Waals surface area contributed by atoms with E-state index in [0.29, 0.717) is 6.54 Å². The van der Waals surface area contributed by atoms with Crippen molar-refractivity contribution in [3.05, 3.63) is 35.8 Å². The van der Waals surface area contributed by atoms with Gasteiger partial charge in [0.2, 0.25) is 0 Å². The van der Waals surface area contributed by atoms with Crippen molar-refractivity contribution in [1.82, 2.24) is 9.38 Å². The Morgan fingerprint density at radius 3 is 3.07 bits per heavy atom. The molecule has 3 nitrogen and oxygen atoms in total. The summed E-state index contributed by atoms with van der Waals surface area (Å²) < 4.78 is 2.05. The van der Waals surface area contributed by atoms with Crippen molar-refractivity contribution < 1.29 is 0 Å². The van der Waals surface area contributed by atoms with Crippen LogP contribution in [0.4, 0.5) is 0 Å². The third-order valence-electron chi connectivity index (χ3n) is 2.32. The zero-order valence-corrected chi connectivity index (χ0v) is 8.40. The van der Waals surface area contributed by atoms with Gasteiger partial charge in [0.15, 0.2) is 0 Å². The van der Waals surface area contributed by atoms with Crippen LogP contribution < -0.4 is 5.73 Å². The number of aromatic nitrogens is 2. The molecule has 0 aromatic carbocycles. The maximum Gasteiger partial charge on any atom is 0.137 e. The predicted molar refractivity (Wildman–Crippen MR) is 57.1 cm³/mol. The van der Waals surface area contributed by atoms with E-state index in [1.807, 2.05) is 22.7 Å². The van der Waals surface area contributed by atoms with E-state index in [4.69, 9.17) is 5.73 Å². The molecule has 2 rings (SSSR count). The molecule has 0 radical (unpaired) electrons. The number of aryl methyl sites for hydroxylation is 1. The third-order valence-corrected chi connectivity index (χ3v) is 2.32. The maximum absolute atomic E-state index is 5.57. The van der Waals surface area contributed by atoms with E-state index in [0.717, 1.165) is 29.7 Å². The van der Waals surface area contributed by atoms with Crippen LogP contribution in [0, 0.1) is 0 Å². The first-order chi connectivity index (χ1) is 6.83. The SMILES string of the molecule is CCCc1cn2ccc(CN)cc2n1. The van der Waals surface area contributed by atoms with Crippen LogP contribution in [0.15, 0.2) is 24.5 Å². The van der Waals surface area contributed by atoms with E-state index in [-0.39, 0.29) is 0 Å². The van der Waals surface area contributed by atoms with Gasteiger partial charge in [0, 0.05) is 18.9 Å². The van der Waals surface area contributed by atoms with Gasteiger partial charge < -0.3 is 10.1 Å². The minimum Gasteiger partial charge on any atom is -0.326 e. The lowest BCUT2D eigenvalue weighted by Gasteiger charge is -1.96. The fraction of sp³-hybridized carbons (Fsp3) is 0.364. The average molecular weight is 189 g/mol. The van der Waals surface area contributed by atoms with Gasteiger partial charge in [0.25, 0.3) is 0 Å². The number of nitrogens with two attached hydrogens (primary N) is 1. The van der Waals surface area contributed by atoms with Crippen LogP contribution in [0.2, 0.25) is 0 Å². The summed E-state index contributed by atoms with van der Waals surface area (Å²) in [6.07, 6.45) is 6.27. The molecular formula is C11H15N3. The predicted octanol–water partition coefficient (Wildman–Crippen LogP) is 1.75. The fourth-order valence-electron chi connectivity index (χ4n) is 1.58. The molecule has 0 unspecified atom stereocenters. The summed E-state index contributed by atoms with van der Waals surface area (Å²) in [7, 11) is 0. The number of pyridine rings is 1. The molecule has 2 N–H and O–H groups in total. The van der Waals surface area contributed by atoms with Crippen LogP contribution in [0.3, 0.4) is 0 Å². The Labute approximate surface area is 83.6 Å². The highest BCUT2D eigenvalue weighted by molar-refractivity contribution is 5.42. The van der Waals surface area contributed by atoms with Crippen molar-refractivity contribution >= 4 is 5.65 Å². The first kappa shape index (κ1) is 9.21. The van der Waals surface area contributed by atoms with Crippen LogP contribution in [0.5, 0.6) is 0 Å². The number of fused-ring (bicyclic) bond motifs is 1. The topological polar surface area (TPSA) is 43.3 Å². The van der Waals surface area contributed by atoms with Crippen molar-refractivity contribution in [2.75, 3.05) is 0 Å². The number of hydrogen-bond acceptors (Lipinski definition) is 2. The van der Waals surface area contributed by atoms with Gasteiger partial charge in [-0.2, -0.15) is 0 Å². The molecular weight excluding hydrogens is 174 g/mol. The minimum atomic E-state index is 0.576. The van der Waals surface area contributed by atoms with Crippen molar-refractivity contribution in [1.29, 1.82) is 0 Å². The molecule has 0 atom stereocenters. The lowest BCUT2D eigenvalue weighted by atomic mass is 10.3. The van der Waals surface area contributed by atoms with Gasteiger partial charge in [-0.25, -0.2) is 4.98 Å². The number of imidazole rings is 1. The molecule has 0 amide bonds. The highest BCUT2D eigenvalue weighted by Crippen LogP contribution is 2.09. The molecule has 3 heteroatoms. The van der Waals surface area contributed by atoms with E-state index in [9.17, 15) is 0 Å². The standard InChI is InChI=1S/C11H15N3/c1-2-3-10-8-14-5-4-9(7-12)6-11(14)13-10/h4-6,8H,2-3,7,12H2,1H3. The lowest BCUT2D eigenvalue weighted by molar-refractivity contribution is 0.894. The summed E-state index contributed by atoms with van der Waals surface area (Å²) in [5.41, 5.74) is 8.85. The summed E-state index contributed by atoms with van der Waals surface area (Å²) in [4.78, 5) is 4.52. The molecule has 74 valence electrons. The van der Waals surface area contributed by atoms with E-state index >= 15 is 0 Å². The Morgan fingerprint density at radius 1 is 1.50 bits per heavy atom. The second-order valence-electron chi connectivity index (χ2n) is 3.49. The molecule has 0 aliphatic rings. The fourth-order valence-corrected chi connectivity index (χ4v) is 1.58. The Hall–Kier alpha value is -1.35. The summed E-state index contributed by atoms with van der Waals surface area (Å²) >= 11 is 0. The van der Waals surface area contributed by atoms with Gasteiger partial charge in [-0.05, 0) is 24.1 Å². The van der Waals surface area contributed by atoms with Gasteiger partial charge in [0.05, 0.1) is 5.69 Å². The quantitative estimate of drug-likeness (QED) is 0.799. The number of hydrogen-bond donors (Lipinski definition) is 1. The Morgan fingerprint density at radius 2 is 2.36 bits per heavy atom. The average Bonchev–Trinajstić information content (AvgIpc) is 2.59. The van der Waals surface area contributed by atoms with E-state index in [2.05, 4.69) is 18.1 Å². The zero-order chi connectivity index (χ0) is 9.97. The van der Waals surface area contributed by atoms with E-state index < -0.39 is 0 Å². The number of nitrogens with zero attached hydrogens (tertiary/aromatic N) is 2. The summed E-state index contributed by atoms with van der Waals surface area (Å²) in [5.74, 6) is 0. The second kappa shape index (κ2) is 3.80. The van der Waals surface area contributed by atoms with Gasteiger partial charge in [0.1, 0.15) is 5.65 Å². The molecule has 2 aromatic heterocycles. The highest BCUT2D eigenvalue weighted by Gasteiger charge is 2.00. The Bertz CT molecular complexity index is 431. The molecule has 0 saturated carbocycles. The molecule has 0 bridgehead atoms. The first-order valence-electron chi connectivity index (χ1n) is 5.00. The Balaban J connectivity index is 2.43. The number of rotatable bonds is 3. The van der Waals surface area contributed by atoms with Crippen molar-refractivity contribution in [2.45, 2.75) is 26.3 Å². The Kier molecular flexibility index (Phi) is 2.50. The van der Waals surface area contributed by atoms with Crippen molar-refractivity contribution in [2.24, 2.45) is 5.73 Å². The van der Waals surface area contributed by atoms with Gasteiger partial charge in [-0.3, -0.25) is 0 Å². The minimum absolute atomic E-state index is 0.576. The second-order valence-corrected chi connectivity index (χ2v) is 3.49. The van der Waals surface area contributed by atoms with E-state index in [1.165, 1.54) is 0 Å². The highest BCUT2D eigenvalue weighted by atomic mass is 15.0. The van der Waals surface area contributed by atoms with Crippen molar-refractivity contribution in [3.8, 4) is 0 Å². The normalized spacial score (nSPS) is 11.0. The zero-order valence-electron chi connectivity index (χ0n) is 8.40. The molecule has 2 aromatic rings. The van der Waals surface area contributed by atoms with E-state index in [1.54, 1.807) is 0 Å². The van der Waals surface area contributed by atoms with Gasteiger partial charge >= 0.3 is 0 Å². The van der Waals surface area contributed by atoms with Crippen LogP contribution >= 0.6 is 0 Å². The van der Waals surface area contributed by atoms with Crippen LogP contribution in [-0.4, -0.2) is 9.38 Å². The monoisotopic (exact) mass is 189 g/mol. The summed E-state index contributed by atoms with van der Waals surface area (Å²) in [5, 5.41) is 0. The van der Waals surface area contributed by atoms with Crippen LogP contribution in [-0.2, 0) is 13.0 Å². The third kappa shape index (κ3) is 1.63. The van der Waals surface area contributed by atoms with Gasteiger partial charge in [-0.1, -0.05) is 13.3 Å². The molecule has 0 saturated heterocycles. The summed E-state index contributed by atoms with van der Waals surface area (Å²) in [6, 6.07) is 4.07. The van der Waals surface area contributed by atoms with Crippen molar-refractivity contribution in [3.63, 3.8) is 0 Å². The lowest BCUT2D eigenvalue weighted by Crippen LogP contribution is -1.96.